The van der Waals surface area contributed by atoms with E-state index in [1.165, 1.54) is 0 Å². The molecule has 4 nitrogen and oxygen atoms in total. The molecule has 1 atom stereocenters. The summed E-state index contributed by atoms with van der Waals surface area (Å²) in [4.78, 5) is 20.4. The second-order valence-corrected chi connectivity index (χ2v) is 5.29. The summed E-state index contributed by atoms with van der Waals surface area (Å²) in [6.07, 6.45) is 5.13. The Labute approximate surface area is 91.6 Å². The number of unbranched alkanes of at least 4 members (excludes halogenated alkanes) is 4. The van der Waals surface area contributed by atoms with Crippen molar-refractivity contribution in [2.24, 2.45) is 0 Å². The monoisotopic (exact) mass is 236 g/mol. The van der Waals surface area contributed by atoms with Gasteiger partial charge in [0, 0.05) is 6.42 Å². The molecule has 0 aromatic carbocycles. The van der Waals surface area contributed by atoms with Crippen molar-refractivity contribution in [3.05, 3.63) is 0 Å². The van der Waals surface area contributed by atoms with Crippen LogP contribution in [0.15, 0.2) is 0 Å². The molecule has 0 aliphatic heterocycles. The van der Waals surface area contributed by atoms with Crippen LogP contribution in [0.5, 0.6) is 0 Å². The van der Waals surface area contributed by atoms with Crippen LogP contribution >= 0.6 is 7.60 Å². The first-order chi connectivity index (χ1) is 7.04. The zero-order valence-electron chi connectivity index (χ0n) is 9.57. The topological polar surface area (TPSA) is 63.6 Å². The first-order valence-electron chi connectivity index (χ1n) is 5.55. The molecule has 90 valence electrons. The second kappa shape index (κ2) is 8.03. The molecule has 0 fully saturated rings. The predicted octanol–water partition coefficient (Wildman–Crippen LogP) is 3.10. The highest BCUT2D eigenvalue weighted by Crippen LogP contribution is 2.44. The Hall–Kier alpha value is -0.180. The number of hydrogen-bond donors (Lipinski definition) is 1. The third-order valence-electron chi connectivity index (χ3n) is 2.11. The number of rotatable bonds is 9. The first kappa shape index (κ1) is 14.8. The van der Waals surface area contributed by atoms with Gasteiger partial charge in [0.1, 0.15) is 0 Å². The Balaban J connectivity index is 3.69. The van der Waals surface area contributed by atoms with E-state index in [2.05, 4.69) is 11.4 Å². The van der Waals surface area contributed by atoms with Gasteiger partial charge in [0.15, 0.2) is 0 Å². The molecule has 0 aromatic rings. The molecule has 0 bridgehead atoms. The van der Waals surface area contributed by atoms with E-state index < -0.39 is 13.1 Å². The summed E-state index contributed by atoms with van der Waals surface area (Å²) < 4.78 is 15.7. The minimum atomic E-state index is -3.98. The lowest BCUT2D eigenvalue weighted by molar-refractivity contribution is -0.113. The fourth-order valence-corrected chi connectivity index (χ4v) is 2.20. The van der Waals surface area contributed by atoms with Gasteiger partial charge in [0.25, 0.3) is 0 Å². The first-order valence-corrected chi connectivity index (χ1v) is 7.13. The van der Waals surface area contributed by atoms with Crippen LogP contribution in [0.4, 0.5) is 0 Å². The maximum atomic E-state index is 11.2. The molecular formula is C10H21O4P. The van der Waals surface area contributed by atoms with E-state index >= 15 is 0 Å². The van der Waals surface area contributed by atoms with Crippen LogP contribution in [0.3, 0.4) is 0 Å². The van der Waals surface area contributed by atoms with Crippen LogP contribution in [0, 0.1) is 0 Å². The molecule has 0 amide bonds. The summed E-state index contributed by atoms with van der Waals surface area (Å²) in [6, 6.07) is 0. The number of hydrogen-bond acceptors (Lipinski definition) is 3. The zero-order chi connectivity index (χ0) is 11.7. The van der Waals surface area contributed by atoms with Crippen molar-refractivity contribution < 1.29 is 18.8 Å². The van der Waals surface area contributed by atoms with Gasteiger partial charge in [-0.3, -0.25) is 9.36 Å². The van der Waals surface area contributed by atoms with Gasteiger partial charge in [0.2, 0.25) is 5.52 Å². The number of carbonyl (C=O) groups excluding carboxylic acids is 1. The van der Waals surface area contributed by atoms with Gasteiger partial charge < -0.3 is 9.42 Å². The van der Waals surface area contributed by atoms with E-state index in [0.29, 0.717) is 6.42 Å². The Kier molecular flexibility index (Phi) is 7.93. The lowest BCUT2D eigenvalue weighted by Crippen LogP contribution is -2.02. The molecule has 0 radical (unpaired) electrons. The molecule has 0 saturated heterocycles. The van der Waals surface area contributed by atoms with Gasteiger partial charge in [-0.2, -0.15) is 0 Å². The molecule has 0 heterocycles. The fraction of sp³-hybridized carbons (Fsp3) is 0.900. The summed E-state index contributed by atoms with van der Waals surface area (Å²) in [7, 11) is -3.98. The summed E-state index contributed by atoms with van der Waals surface area (Å²) >= 11 is 0. The van der Waals surface area contributed by atoms with Crippen molar-refractivity contribution in [3.63, 3.8) is 0 Å². The molecule has 0 aliphatic rings. The van der Waals surface area contributed by atoms with Gasteiger partial charge in [-0.15, -0.1) is 0 Å². The predicted molar refractivity (Wildman–Crippen MR) is 59.8 cm³/mol. The average Bonchev–Trinajstić information content (AvgIpc) is 2.17. The van der Waals surface area contributed by atoms with Crippen LogP contribution in [-0.4, -0.2) is 17.0 Å². The Morgan fingerprint density at radius 1 is 1.20 bits per heavy atom. The quantitative estimate of drug-likeness (QED) is 0.493. The Morgan fingerprint density at radius 3 is 2.33 bits per heavy atom. The summed E-state index contributed by atoms with van der Waals surface area (Å²) in [5.74, 6) is 0. The maximum absolute atomic E-state index is 11.2. The lowest BCUT2D eigenvalue weighted by atomic mass is 10.1. The molecule has 5 heteroatoms. The minimum absolute atomic E-state index is 0.0926. The molecule has 0 aromatic heterocycles. The maximum Gasteiger partial charge on any atom is 0.394 e. The molecule has 1 N–H and O–H groups in total. The molecule has 0 rings (SSSR count). The van der Waals surface area contributed by atoms with Crippen LogP contribution in [-0.2, 0) is 13.9 Å². The molecule has 1 unspecified atom stereocenters. The summed E-state index contributed by atoms with van der Waals surface area (Å²) in [5, 5.41) is 0. The highest BCUT2D eigenvalue weighted by molar-refractivity contribution is 7.70. The van der Waals surface area contributed by atoms with Gasteiger partial charge in [-0.25, -0.2) is 0 Å². The smallest absolute Gasteiger partial charge is 0.319 e. The van der Waals surface area contributed by atoms with Crippen LogP contribution in [0.25, 0.3) is 0 Å². The highest BCUT2D eigenvalue weighted by atomic mass is 31.2. The third kappa shape index (κ3) is 6.82. The molecule has 0 spiro atoms. The minimum Gasteiger partial charge on any atom is -0.319 e. The zero-order valence-corrected chi connectivity index (χ0v) is 10.5. The molecule has 0 saturated carbocycles. The van der Waals surface area contributed by atoms with Crippen molar-refractivity contribution in [1.82, 2.24) is 0 Å². The summed E-state index contributed by atoms with van der Waals surface area (Å²) in [5.41, 5.74) is -0.652. The largest absolute Gasteiger partial charge is 0.394 e. The van der Waals surface area contributed by atoms with Crippen molar-refractivity contribution in [2.45, 2.75) is 52.4 Å². The standard InChI is InChI=1S/C10H21O4P/c1-3-5-6-7-8-9-10(11)15(12,13)14-4-2/h3-9H2,1-2H3,(H,12,13). The lowest BCUT2D eigenvalue weighted by Gasteiger charge is -2.08. The number of carbonyl (C=O) groups is 1. The van der Waals surface area contributed by atoms with Gasteiger partial charge >= 0.3 is 7.60 Å². The highest BCUT2D eigenvalue weighted by Gasteiger charge is 2.28. The summed E-state index contributed by atoms with van der Waals surface area (Å²) in [6.45, 7) is 3.80. The van der Waals surface area contributed by atoms with E-state index in [4.69, 9.17) is 4.89 Å². The van der Waals surface area contributed by atoms with Crippen molar-refractivity contribution in [1.29, 1.82) is 0 Å². The van der Waals surface area contributed by atoms with Crippen LogP contribution < -0.4 is 0 Å². The van der Waals surface area contributed by atoms with Crippen molar-refractivity contribution in [2.75, 3.05) is 6.61 Å². The van der Waals surface area contributed by atoms with Crippen LogP contribution in [0.2, 0.25) is 0 Å². The van der Waals surface area contributed by atoms with E-state index in [1.54, 1.807) is 6.92 Å². The van der Waals surface area contributed by atoms with Gasteiger partial charge in [-0.1, -0.05) is 32.6 Å². The van der Waals surface area contributed by atoms with Crippen LogP contribution in [0.1, 0.15) is 52.4 Å². The second-order valence-electron chi connectivity index (χ2n) is 3.50. The third-order valence-corrected chi connectivity index (χ3v) is 3.58. The normalized spacial score (nSPS) is 14.9. The van der Waals surface area contributed by atoms with E-state index in [1.807, 2.05) is 0 Å². The molecule has 15 heavy (non-hydrogen) atoms. The van der Waals surface area contributed by atoms with Gasteiger partial charge in [0.05, 0.1) is 6.61 Å². The average molecular weight is 236 g/mol. The van der Waals surface area contributed by atoms with Gasteiger partial charge in [-0.05, 0) is 13.3 Å². The van der Waals surface area contributed by atoms with E-state index in [-0.39, 0.29) is 13.0 Å². The Bertz CT molecular complexity index is 227. The molecule has 0 aliphatic carbocycles. The van der Waals surface area contributed by atoms with E-state index in [9.17, 15) is 9.36 Å². The van der Waals surface area contributed by atoms with E-state index in [0.717, 1.165) is 25.7 Å². The Morgan fingerprint density at radius 2 is 1.80 bits per heavy atom. The van der Waals surface area contributed by atoms with Crippen molar-refractivity contribution >= 4 is 13.1 Å². The van der Waals surface area contributed by atoms with Crippen molar-refractivity contribution in [3.8, 4) is 0 Å². The SMILES string of the molecule is CCCCCCCC(=O)P(=O)(O)OCC. The molecular weight excluding hydrogens is 215 g/mol. The fourth-order valence-electron chi connectivity index (χ4n) is 1.27.